The highest BCUT2D eigenvalue weighted by Crippen LogP contribution is 2.60. The van der Waals surface area contributed by atoms with Gasteiger partial charge in [0.2, 0.25) is 0 Å². The molecule has 25 aromatic rings. The molecule has 0 aromatic heterocycles. The monoisotopic (exact) mass is 1820 g/mol. The second kappa shape index (κ2) is 44.8. The molecule has 3 aliphatic rings. The van der Waals surface area contributed by atoms with Gasteiger partial charge in [0.1, 0.15) is 0 Å². The van der Waals surface area contributed by atoms with Crippen molar-refractivity contribution >= 4 is 108 Å². The van der Waals surface area contributed by atoms with Crippen molar-refractivity contribution in [2.75, 3.05) is 0 Å². The molecule has 0 unspecified atom stereocenters. The number of benzene rings is 25. The number of hydrogen-bond donors (Lipinski definition) is 0. The van der Waals surface area contributed by atoms with Crippen molar-refractivity contribution in [3.05, 3.63) is 601 Å². The Labute approximate surface area is 835 Å². The first-order valence-corrected chi connectivity index (χ1v) is 50.9. The normalized spacial score (nSPS) is 12.1. The Balaban J connectivity index is 0.000000115. The van der Waals surface area contributed by atoms with Crippen molar-refractivity contribution in [3.8, 4) is 33.4 Å². The molecule has 141 heavy (non-hydrogen) atoms. The summed E-state index contributed by atoms with van der Waals surface area (Å²) < 4.78 is 0. The van der Waals surface area contributed by atoms with Gasteiger partial charge in [-0.2, -0.15) is 0 Å². The van der Waals surface area contributed by atoms with Crippen LogP contribution in [-0.4, -0.2) is 0 Å². The van der Waals surface area contributed by atoms with Crippen LogP contribution < -0.4 is 0 Å². The maximum absolute atomic E-state index is 2.29. The van der Waals surface area contributed by atoms with Crippen LogP contribution in [0.5, 0.6) is 0 Å². The van der Waals surface area contributed by atoms with Gasteiger partial charge in [-0.25, -0.2) is 0 Å². The molecule has 0 spiro atoms. The highest BCUT2D eigenvalue weighted by atomic mass is 14.5. The Bertz CT molecular complexity index is 7360. The minimum absolute atomic E-state index is 0.254. The van der Waals surface area contributed by atoms with Gasteiger partial charge in [0, 0.05) is 0 Å². The van der Waals surface area contributed by atoms with Gasteiger partial charge in [-0.3, -0.25) is 0 Å². The SMILES string of the molecule is CC.CC.CC.CC.CC.CC.c1cc2ccc3cccc4ccc(c1)c2c34.c1cc2cccc3c4cccc5cccc(c(c1)c23)c54.c1ccc(C2(c3ccccc3)c3ccccc3-c3ccccc32)cc1.c1ccc(C2(c3ccccc3)c3ccccc3-c3ccccc32)cc1.c1ccc(C2(c3ccccc3)c3ccccc3-c3ccccc32)cc1.c1ccc2c(c1)ccc1c3ccccc3ccc21. The minimum atomic E-state index is -0.254. The zero-order chi connectivity index (χ0) is 97.7. The molecular weight excluding hydrogens is 1690 g/mol. The van der Waals surface area contributed by atoms with E-state index in [1.165, 1.54) is 208 Å². The lowest BCUT2D eigenvalue weighted by Crippen LogP contribution is -2.28. The first-order chi connectivity index (χ1) is 70.1. The van der Waals surface area contributed by atoms with Gasteiger partial charge >= 0.3 is 0 Å². The predicted molar refractivity (Wildman–Crippen MR) is 616 cm³/mol. The van der Waals surface area contributed by atoms with E-state index in [9.17, 15) is 0 Å². The van der Waals surface area contributed by atoms with Gasteiger partial charge in [0.25, 0.3) is 0 Å². The van der Waals surface area contributed by atoms with E-state index in [0.717, 1.165) is 0 Å². The molecule has 3 aliphatic carbocycles. The van der Waals surface area contributed by atoms with Gasteiger partial charge in [0.05, 0.1) is 16.2 Å². The fourth-order valence-corrected chi connectivity index (χ4v) is 22.2. The summed E-state index contributed by atoms with van der Waals surface area (Å²) in [6.07, 6.45) is 0. The first-order valence-electron chi connectivity index (χ1n) is 50.9. The molecule has 0 bridgehead atoms. The Morgan fingerprint density at radius 3 is 0.461 bits per heavy atom. The first kappa shape index (κ1) is 96.3. The fraction of sp³-hybridized carbons (Fsp3) is 0.106. The van der Waals surface area contributed by atoms with Crippen LogP contribution in [0.1, 0.15) is 150 Å². The van der Waals surface area contributed by atoms with Crippen LogP contribution in [0.2, 0.25) is 0 Å². The quantitative estimate of drug-likeness (QED) is 0.115. The van der Waals surface area contributed by atoms with Crippen LogP contribution in [0.25, 0.3) is 141 Å². The van der Waals surface area contributed by atoms with Gasteiger partial charge in [-0.05, 0) is 208 Å². The molecule has 0 saturated carbocycles. The Morgan fingerprint density at radius 1 is 0.0993 bits per heavy atom. The van der Waals surface area contributed by atoms with Gasteiger partial charge in [0.15, 0.2) is 0 Å². The average Bonchev–Trinajstić information content (AvgIpc) is 1.50. The van der Waals surface area contributed by atoms with E-state index in [-0.39, 0.29) is 16.2 Å². The molecule has 0 nitrogen and oxygen atoms in total. The minimum Gasteiger partial charge on any atom is -0.0683 e. The van der Waals surface area contributed by atoms with Crippen molar-refractivity contribution in [2.45, 2.75) is 99.3 Å². The summed E-state index contributed by atoms with van der Waals surface area (Å²) in [6, 6.07) is 193. The maximum Gasteiger partial charge on any atom is 0.0713 e. The molecule has 0 heteroatoms. The summed E-state index contributed by atoms with van der Waals surface area (Å²) in [4.78, 5) is 0. The molecule has 0 heterocycles. The van der Waals surface area contributed by atoms with Crippen LogP contribution >= 0.6 is 0 Å². The average molecular weight is 1820 g/mol. The van der Waals surface area contributed by atoms with Crippen molar-refractivity contribution in [3.63, 3.8) is 0 Å². The van der Waals surface area contributed by atoms with Crippen LogP contribution in [0.15, 0.2) is 534 Å². The number of fused-ring (bicyclic) bond motifs is 16. The highest BCUT2D eigenvalue weighted by Gasteiger charge is 2.49. The smallest absolute Gasteiger partial charge is 0.0683 e. The molecule has 0 fully saturated rings. The van der Waals surface area contributed by atoms with E-state index >= 15 is 0 Å². The summed E-state index contributed by atoms with van der Waals surface area (Å²) in [5.41, 5.74) is 23.4. The van der Waals surface area contributed by atoms with Crippen molar-refractivity contribution in [1.82, 2.24) is 0 Å². The molecule has 25 aromatic carbocycles. The standard InChI is InChI=1S/3C25H18.C20H12.C18H12.C16H10.6C2H6/c3*1-3-11-19(12-4-1)25(20-13-5-2-6-14-20)23-17-9-7-15-21(23)22-16-8-10-18-24(22)25;1-5-13-6-2-11-17-18-12-4-8-14-7-3-10-16(20(14)18)15(9-1)19(13)17;1-3-7-15-13(5-1)9-11-18-16-8-4-2-6-14(16)10-12-17(15)18;1-3-11-7-9-13-5-2-6-14-10-8-12(4-1)15(11)16(13)14;6*1-2/h3*1-18H;1-12H;1-12H;1-10H;6*1-2H3. The van der Waals surface area contributed by atoms with Crippen LogP contribution in [0.4, 0.5) is 0 Å². The lowest BCUT2D eigenvalue weighted by Gasteiger charge is -2.33. The van der Waals surface area contributed by atoms with E-state index in [0.29, 0.717) is 0 Å². The summed E-state index contributed by atoms with van der Waals surface area (Å²) in [7, 11) is 0. The van der Waals surface area contributed by atoms with E-state index in [2.05, 4.69) is 534 Å². The lowest BCUT2D eigenvalue weighted by molar-refractivity contribution is 0.768. The van der Waals surface area contributed by atoms with E-state index in [4.69, 9.17) is 0 Å². The fourth-order valence-electron chi connectivity index (χ4n) is 22.2. The zero-order valence-corrected chi connectivity index (χ0v) is 83.3. The maximum atomic E-state index is 2.29. The van der Waals surface area contributed by atoms with E-state index < -0.39 is 0 Å². The molecule has 0 atom stereocenters. The molecule has 0 radical (unpaired) electrons. The van der Waals surface area contributed by atoms with E-state index in [1.807, 2.05) is 83.1 Å². The van der Waals surface area contributed by atoms with Crippen molar-refractivity contribution in [1.29, 1.82) is 0 Å². The molecule has 0 saturated heterocycles. The van der Waals surface area contributed by atoms with Crippen LogP contribution in [-0.2, 0) is 16.2 Å². The predicted octanol–water partition coefficient (Wildman–Crippen LogP) is 39.8. The van der Waals surface area contributed by atoms with Crippen LogP contribution in [0, 0.1) is 0 Å². The molecule has 0 aliphatic heterocycles. The molecule has 0 amide bonds. The Hall–Kier alpha value is -16.4. The van der Waals surface area contributed by atoms with E-state index in [1.54, 1.807) is 0 Å². The summed E-state index contributed by atoms with van der Waals surface area (Å²) in [5.74, 6) is 0. The third kappa shape index (κ3) is 17.5. The topological polar surface area (TPSA) is 0 Å². The summed E-state index contributed by atoms with van der Waals surface area (Å²) >= 11 is 0. The highest BCUT2D eigenvalue weighted by molar-refractivity contribution is 6.33. The number of rotatable bonds is 6. The molecule has 0 N–H and O–H groups in total. The molecule has 28 rings (SSSR count). The Kier molecular flexibility index (Phi) is 30.6. The third-order valence-corrected chi connectivity index (χ3v) is 27.5. The zero-order valence-electron chi connectivity index (χ0n) is 83.3. The summed E-state index contributed by atoms with van der Waals surface area (Å²) in [6.45, 7) is 24.0. The van der Waals surface area contributed by atoms with Crippen molar-refractivity contribution in [2.24, 2.45) is 0 Å². The van der Waals surface area contributed by atoms with Gasteiger partial charge in [-0.1, -0.05) is 617 Å². The Morgan fingerprint density at radius 2 is 0.248 bits per heavy atom. The van der Waals surface area contributed by atoms with Gasteiger partial charge in [-0.15, -0.1) is 0 Å². The number of hydrogen-bond acceptors (Lipinski definition) is 0. The van der Waals surface area contributed by atoms with Crippen molar-refractivity contribution < 1.29 is 0 Å². The summed E-state index contributed by atoms with van der Waals surface area (Å²) in [5, 5.41) is 27.0. The largest absolute Gasteiger partial charge is 0.0713 e. The molecule has 688 valence electrons. The van der Waals surface area contributed by atoms with Crippen LogP contribution in [0.3, 0.4) is 0 Å². The molecular formula is C141H124. The second-order valence-electron chi connectivity index (χ2n) is 34.1. The third-order valence-electron chi connectivity index (χ3n) is 27.5. The van der Waals surface area contributed by atoms with Gasteiger partial charge < -0.3 is 0 Å². The second-order valence-corrected chi connectivity index (χ2v) is 34.1. The lowest BCUT2D eigenvalue weighted by atomic mass is 9.68.